The first-order valence-corrected chi connectivity index (χ1v) is 7.25. The van der Waals surface area contributed by atoms with Gasteiger partial charge >= 0.3 is 0 Å². The van der Waals surface area contributed by atoms with Gasteiger partial charge in [0.2, 0.25) is 10.0 Å². The second-order valence-corrected chi connectivity index (χ2v) is 6.94. The molecule has 1 heterocycles. The molecule has 0 aromatic carbocycles. The highest BCUT2D eigenvalue weighted by Crippen LogP contribution is 2.18. The zero-order valence-corrected chi connectivity index (χ0v) is 12.2. The van der Waals surface area contributed by atoms with Crippen molar-refractivity contribution in [2.24, 2.45) is 0 Å². The number of aliphatic hydroxyl groups excluding tert-OH is 1. The van der Waals surface area contributed by atoms with Crippen LogP contribution >= 0.6 is 15.9 Å². The van der Waals surface area contributed by atoms with Gasteiger partial charge in [0.05, 0.1) is 11.6 Å². The molecule has 0 aliphatic carbocycles. The topological polar surface area (TPSA) is 79.3 Å². The number of hydrogen-bond donors (Lipinski definition) is 2. The van der Waals surface area contributed by atoms with E-state index in [4.69, 9.17) is 0 Å². The third-order valence-corrected chi connectivity index (χ3v) is 4.50. The SMILES string of the molecule is CC(O)C(C)(C)NS(=O)(=O)c1cncc(Br)c1. The minimum atomic E-state index is -3.69. The van der Waals surface area contributed by atoms with E-state index in [1.54, 1.807) is 13.8 Å². The second-order valence-electron chi connectivity index (χ2n) is 4.34. The highest BCUT2D eigenvalue weighted by molar-refractivity contribution is 9.10. The van der Waals surface area contributed by atoms with Crippen molar-refractivity contribution in [3.63, 3.8) is 0 Å². The van der Waals surface area contributed by atoms with Gasteiger partial charge in [0.15, 0.2) is 0 Å². The van der Waals surface area contributed by atoms with Gasteiger partial charge in [-0.2, -0.15) is 0 Å². The molecule has 0 amide bonds. The molecule has 0 aliphatic rings. The fraction of sp³-hybridized carbons (Fsp3) is 0.500. The van der Waals surface area contributed by atoms with E-state index in [0.717, 1.165) is 0 Å². The van der Waals surface area contributed by atoms with E-state index in [9.17, 15) is 13.5 Å². The number of rotatable bonds is 4. The fourth-order valence-corrected chi connectivity index (χ4v) is 3.01. The zero-order valence-electron chi connectivity index (χ0n) is 9.81. The molecule has 0 spiro atoms. The molecular weight excluding hydrogens is 308 g/mol. The Balaban J connectivity index is 3.06. The molecular formula is C10H15BrN2O3S. The van der Waals surface area contributed by atoms with E-state index in [0.29, 0.717) is 4.47 Å². The van der Waals surface area contributed by atoms with Gasteiger partial charge in [0.1, 0.15) is 4.90 Å². The van der Waals surface area contributed by atoms with E-state index in [-0.39, 0.29) is 4.90 Å². The van der Waals surface area contributed by atoms with E-state index in [1.807, 2.05) is 0 Å². The lowest BCUT2D eigenvalue weighted by Gasteiger charge is -2.28. The van der Waals surface area contributed by atoms with Crippen molar-refractivity contribution in [3.05, 3.63) is 22.9 Å². The normalized spacial score (nSPS) is 14.6. The van der Waals surface area contributed by atoms with Crippen molar-refractivity contribution in [3.8, 4) is 0 Å². The Bertz CT molecular complexity index is 500. The number of pyridine rings is 1. The molecule has 1 rings (SSSR count). The summed E-state index contributed by atoms with van der Waals surface area (Å²) in [6.07, 6.45) is 1.95. The summed E-state index contributed by atoms with van der Waals surface area (Å²) in [7, 11) is -3.69. The maximum atomic E-state index is 12.0. The highest BCUT2D eigenvalue weighted by Gasteiger charge is 2.30. The molecule has 1 atom stereocenters. The molecule has 2 N–H and O–H groups in total. The molecule has 0 fully saturated rings. The van der Waals surface area contributed by atoms with E-state index in [2.05, 4.69) is 25.6 Å². The number of aliphatic hydroxyl groups is 1. The van der Waals surface area contributed by atoms with Gasteiger partial charge in [-0.25, -0.2) is 13.1 Å². The predicted octanol–water partition coefficient (Wildman–Crippen LogP) is 1.28. The summed E-state index contributed by atoms with van der Waals surface area (Å²) >= 11 is 3.16. The van der Waals surface area contributed by atoms with Gasteiger partial charge < -0.3 is 5.11 Å². The number of nitrogens with zero attached hydrogens (tertiary/aromatic N) is 1. The third kappa shape index (κ3) is 3.74. The van der Waals surface area contributed by atoms with Crippen LogP contribution in [0.15, 0.2) is 27.8 Å². The maximum Gasteiger partial charge on any atom is 0.242 e. The summed E-state index contributed by atoms with van der Waals surface area (Å²) in [5.74, 6) is 0. The van der Waals surface area contributed by atoms with Crippen molar-refractivity contribution in [2.45, 2.75) is 37.3 Å². The average molecular weight is 323 g/mol. The van der Waals surface area contributed by atoms with Gasteiger partial charge in [0.25, 0.3) is 0 Å². The maximum absolute atomic E-state index is 12.0. The van der Waals surface area contributed by atoms with Crippen LogP contribution in [-0.2, 0) is 10.0 Å². The molecule has 17 heavy (non-hydrogen) atoms. The lowest BCUT2D eigenvalue weighted by Crippen LogP contribution is -2.50. The van der Waals surface area contributed by atoms with E-state index < -0.39 is 21.7 Å². The van der Waals surface area contributed by atoms with Crippen LogP contribution in [0.5, 0.6) is 0 Å². The van der Waals surface area contributed by atoms with Crippen LogP contribution in [0, 0.1) is 0 Å². The molecule has 0 saturated heterocycles. The Kier molecular flexibility index (Phi) is 4.29. The van der Waals surface area contributed by atoms with Crippen LogP contribution in [-0.4, -0.2) is 30.2 Å². The molecule has 1 unspecified atom stereocenters. The van der Waals surface area contributed by atoms with Gasteiger partial charge in [0, 0.05) is 16.9 Å². The van der Waals surface area contributed by atoms with Crippen LogP contribution in [0.4, 0.5) is 0 Å². The molecule has 0 saturated carbocycles. The van der Waals surface area contributed by atoms with Gasteiger partial charge in [-0.1, -0.05) is 0 Å². The quantitative estimate of drug-likeness (QED) is 0.875. The summed E-state index contributed by atoms with van der Waals surface area (Å²) in [6, 6.07) is 1.45. The first-order valence-electron chi connectivity index (χ1n) is 4.98. The van der Waals surface area contributed by atoms with Crippen molar-refractivity contribution in [1.82, 2.24) is 9.71 Å². The molecule has 7 heteroatoms. The molecule has 1 aromatic heterocycles. The van der Waals surface area contributed by atoms with Crippen molar-refractivity contribution < 1.29 is 13.5 Å². The highest BCUT2D eigenvalue weighted by atomic mass is 79.9. The summed E-state index contributed by atoms with van der Waals surface area (Å²) in [6.45, 7) is 4.75. The Morgan fingerprint density at radius 2 is 2.06 bits per heavy atom. The minimum Gasteiger partial charge on any atom is -0.391 e. The monoisotopic (exact) mass is 322 g/mol. The molecule has 1 aromatic rings. The Morgan fingerprint density at radius 1 is 1.47 bits per heavy atom. The van der Waals surface area contributed by atoms with Crippen LogP contribution < -0.4 is 4.72 Å². The van der Waals surface area contributed by atoms with Gasteiger partial charge in [-0.3, -0.25) is 4.98 Å². The van der Waals surface area contributed by atoms with Crippen molar-refractivity contribution in [2.75, 3.05) is 0 Å². The van der Waals surface area contributed by atoms with Crippen molar-refractivity contribution >= 4 is 26.0 Å². The van der Waals surface area contributed by atoms with Crippen LogP contribution in [0.1, 0.15) is 20.8 Å². The molecule has 0 radical (unpaired) electrons. The average Bonchev–Trinajstić information content (AvgIpc) is 2.15. The third-order valence-electron chi connectivity index (χ3n) is 2.43. The number of sulfonamides is 1. The summed E-state index contributed by atoms with van der Waals surface area (Å²) in [5.41, 5.74) is -0.943. The van der Waals surface area contributed by atoms with E-state index >= 15 is 0 Å². The number of hydrogen-bond acceptors (Lipinski definition) is 4. The number of aromatic nitrogens is 1. The predicted molar refractivity (Wildman–Crippen MR) is 68.0 cm³/mol. The summed E-state index contributed by atoms with van der Waals surface area (Å²) < 4.78 is 27.1. The second kappa shape index (κ2) is 5.01. The lowest BCUT2D eigenvalue weighted by atomic mass is 10.0. The fourth-order valence-electron chi connectivity index (χ4n) is 1.03. The van der Waals surface area contributed by atoms with E-state index in [1.165, 1.54) is 25.4 Å². The Morgan fingerprint density at radius 3 is 2.53 bits per heavy atom. The first kappa shape index (κ1) is 14.6. The smallest absolute Gasteiger partial charge is 0.242 e. The first-order chi connectivity index (χ1) is 7.65. The molecule has 0 bridgehead atoms. The standard InChI is InChI=1S/C10H15BrN2O3S/c1-7(14)10(2,3)13-17(15,16)9-4-8(11)5-12-6-9/h4-7,13-14H,1-3H3. The van der Waals surface area contributed by atoms with Gasteiger partial charge in [-0.15, -0.1) is 0 Å². The minimum absolute atomic E-state index is 0.0561. The molecule has 0 aliphatic heterocycles. The summed E-state index contributed by atoms with van der Waals surface area (Å²) in [5, 5.41) is 9.49. The largest absolute Gasteiger partial charge is 0.391 e. The molecule has 5 nitrogen and oxygen atoms in total. The summed E-state index contributed by atoms with van der Waals surface area (Å²) in [4.78, 5) is 3.85. The zero-order chi connectivity index (χ0) is 13.3. The number of nitrogens with one attached hydrogen (secondary N) is 1. The molecule has 96 valence electrons. The van der Waals surface area contributed by atoms with Gasteiger partial charge in [-0.05, 0) is 42.8 Å². The number of halogens is 1. The Hall–Kier alpha value is -0.500. The van der Waals surface area contributed by atoms with Crippen molar-refractivity contribution in [1.29, 1.82) is 0 Å². The Labute approximate surface area is 109 Å². The van der Waals surface area contributed by atoms with Crippen LogP contribution in [0.25, 0.3) is 0 Å². The van der Waals surface area contributed by atoms with Crippen LogP contribution in [0.2, 0.25) is 0 Å². The lowest BCUT2D eigenvalue weighted by molar-refractivity contribution is 0.111. The van der Waals surface area contributed by atoms with Crippen LogP contribution in [0.3, 0.4) is 0 Å².